The molecule has 0 unspecified atom stereocenters. The van der Waals surface area contributed by atoms with E-state index < -0.39 is 5.97 Å². The highest BCUT2D eigenvalue weighted by atomic mass is 35.5. The molecule has 0 atom stereocenters. The number of anilines is 2. The Labute approximate surface area is 249 Å². The summed E-state index contributed by atoms with van der Waals surface area (Å²) in [6.07, 6.45) is 3.02. The van der Waals surface area contributed by atoms with Gasteiger partial charge in [-0.3, -0.25) is 0 Å². The molecular weight excluding hydrogens is 556 g/mol. The highest BCUT2D eigenvalue weighted by Gasteiger charge is 2.27. The summed E-state index contributed by atoms with van der Waals surface area (Å²) in [5.74, 6) is 1.30. The molecule has 0 aliphatic carbocycles. The van der Waals surface area contributed by atoms with Gasteiger partial charge in [-0.15, -0.1) is 11.3 Å². The van der Waals surface area contributed by atoms with Gasteiger partial charge in [-0.25, -0.2) is 4.79 Å². The number of hydrogen-bond donors (Lipinski definition) is 2. The van der Waals surface area contributed by atoms with Crippen molar-refractivity contribution >= 4 is 45.9 Å². The maximum atomic E-state index is 12.7. The number of carbonyl (C=O) groups is 1. The Kier molecular flexibility index (Phi) is 8.29. The molecule has 212 valence electrons. The van der Waals surface area contributed by atoms with Crippen LogP contribution in [0.4, 0.5) is 11.4 Å². The average molecular weight is 589 g/mol. The minimum atomic E-state index is -0.494. The van der Waals surface area contributed by atoms with E-state index in [4.69, 9.17) is 25.8 Å². The second kappa shape index (κ2) is 11.9. The highest BCUT2D eigenvalue weighted by molar-refractivity contribution is 7.12. The third kappa shape index (κ3) is 6.06. The summed E-state index contributed by atoms with van der Waals surface area (Å²) in [5, 5.41) is 9.36. The van der Waals surface area contributed by atoms with Crippen LogP contribution in [0.15, 0.2) is 72.1 Å². The topological polar surface area (TPSA) is 68.8 Å². The van der Waals surface area contributed by atoms with E-state index in [1.165, 1.54) is 28.0 Å². The minimum absolute atomic E-state index is 0.153. The number of halogens is 1. The van der Waals surface area contributed by atoms with Gasteiger partial charge in [0.1, 0.15) is 22.1 Å². The first kappa shape index (κ1) is 28.6. The summed E-state index contributed by atoms with van der Waals surface area (Å²) >= 11 is 7.38. The van der Waals surface area contributed by atoms with Gasteiger partial charge in [0.2, 0.25) is 0 Å². The largest absolute Gasteiger partial charge is 0.496 e. The fraction of sp³-hybridized carbons (Fsp3) is 0.242. The standard InChI is InChI=1S/C33H33ClN2O4S/c1-20-19-33(2,3)36-27-13-12-22(24(30(20)27)14-16-35-26-8-6-7-9-28(26)38-4)23-11-10-21(18-29(23)39-5)40-32(37)31-25(34)15-17-41-31/h6-13,15,17-19,35-36H,14,16H2,1-5H3. The number of nitrogens with one attached hydrogen (secondary N) is 2. The van der Waals surface area contributed by atoms with Gasteiger partial charge in [-0.05, 0) is 85.7 Å². The number of hydrogen-bond acceptors (Lipinski definition) is 7. The van der Waals surface area contributed by atoms with Gasteiger partial charge in [0.05, 0.1) is 30.5 Å². The minimum Gasteiger partial charge on any atom is -0.496 e. The molecule has 0 bridgehead atoms. The van der Waals surface area contributed by atoms with Crippen LogP contribution in [0.1, 0.15) is 41.6 Å². The third-order valence-electron chi connectivity index (χ3n) is 7.02. The summed E-state index contributed by atoms with van der Waals surface area (Å²) < 4.78 is 17.0. The van der Waals surface area contributed by atoms with Crippen LogP contribution >= 0.6 is 22.9 Å². The van der Waals surface area contributed by atoms with Crippen LogP contribution in [0, 0.1) is 0 Å². The molecule has 0 spiro atoms. The van der Waals surface area contributed by atoms with Crippen molar-refractivity contribution in [1.82, 2.24) is 0 Å². The second-order valence-electron chi connectivity index (χ2n) is 10.4. The lowest BCUT2D eigenvalue weighted by Crippen LogP contribution is -2.32. The smallest absolute Gasteiger partial charge is 0.355 e. The number of benzene rings is 3. The summed E-state index contributed by atoms with van der Waals surface area (Å²) in [6.45, 7) is 7.20. The first-order valence-corrected chi connectivity index (χ1v) is 14.6. The molecule has 0 saturated carbocycles. The van der Waals surface area contributed by atoms with E-state index in [0.29, 0.717) is 27.9 Å². The number of carbonyl (C=O) groups excluding carboxylic acids is 1. The van der Waals surface area contributed by atoms with Crippen molar-refractivity contribution in [2.75, 3.05) is 31.4 Å². The Balaban J connectivity index is 1.52. The van der Waals surface area contributed by atoms with Gasteiger partial charge in [-0.1, -0.05) is 35.9 Å². The van der Waals surface area contributed by atoms with Crippen LogP contribution in [-0.2, 0) is 6.42 Å². The zero-order valence-corrected chi connectivity index (χ0v) is 25.3. The van der Waals surface area contributed by atoms with Crippen molar-refractivity contribution < 1.29 is 19.0 Å². The Morgan fingerprint density at radius 3 is 2.49 bits per heavy atom. The van der Waals surface area contributed by atoms with Gasteiger partial charge in [-0.2, -0.15) is 0 Å². The number of fused-ring (bicyclic) bond motifs is 1. The fourth-order valence-corrected chi connectivity index (χ4v) is 6.38. The van der Waals surface area contributed by atoms with Crippen LogP contribution < -0.4 is 24.8 Å². The van der Waals surface area contributed by atoms with E-state index in [1.807, 2.05) is 30.3 Å². The van der Waals surface area contributed by atoms with E-state index in [2.05, 4.69) is 49.6 Å². The molecule has 0 fully saturated rings. The number of esters is 1. The van der Waals surface area contributed by atoms with Gasteiger partial charge in [0.15, 0.2) is 0 Å². The van der Waals surface area contributed by atoms with E-state index in [0.717, 1.165) is 34.7 Å². The molecule has 5 rings (SSSR count). The first-order valence-electron chi connectivity index (χ1n) is 13.3. The lowest BCUT2D eigenvalue weighted by atomic mass is 9.84. The maximum Gasteiger partial charge on any atom is 0.355 e. The van der Waals surface area contributed by atoms with Crippen molar-refractivity contribution in [3.63, 3.8) is 0 Å². The fourth-order valence-electron chi connectivity index (χ4n) is 5.37. The molecule has 3 aromatic carbocycles. The number of allylic oxidation sites excluding steroid dienone is 1. The molecule has 2 N–H and O–H groups in total. The normalized spacial score (nSPS) is 13.5. The van der Waals surface area contributed by atoms with Gasteiger partial charge in [0.25, 0.3) is 0 Å². The van der Waals surface area contributed by atoms with Crippen molar-refractivity contribution in [3.8, 4) is 28.4 Å². The third-order valence-corrected chi connectivity index (χ3v) is 8.34. The highest BCUT2D eigenvalue weighted by Crippen LogP contribution is 2.43. The molecule has 6 nitrogen and oxygen atoms in total. The summed E-state index contributed by atoms with van der Waals surface area (Å²) in [6, 6.07) is 19.3. The SMILES string of the molecule is COc1ccccc1NCCc1c(-c2ccc(OC(=O)c3sccc3Cl)cc2OC)ccc2c1C(C)=CC(C)(C)N2. The molecule has 0 amide bonds. The lowest BCUT2D eigenvalue weighted by Gasteiger charge is -2.33. The predicted molar refractivity (Wildman–Crippen MR) is 169 cm³/mol. The van der Waals surface area contributed by atoms with Crippen LogP contribution in [0.5, 0.6) is 17.2 Å². The second-order valence-corrected chi connectivity index (χ2v) is 11.7. The van der Waals surface area contributed by atoms with Crippen molar-refractivity contribution in [2.24, 2.45) is 0 Å². The molecule has 2 heterocycles. The summed E-state index contributed by atoms with van der Waals surface area (Å²) in [7, 11) is 3.30. The van der Waals surface area contributed by atoms with Gasteiger partial charge >= 0.3 is 5.97 Å². The monoisotopic (exact) mass is 588 g/mol. The quantitative estimate of drug-likeness (QED) is 0.151. The molecular formula is C33H33ClN2O4S. The van der Waals surface area contributed by atoms with Crippen molar-refractivity contribution in [3.05, 3.63) is 93.1 Å². The molecule has 4 aromatic rings. The van der Waals surface area contributed by atoms with Crippen LogP contribution in [0.25, 0.3) is 16.7 Å². The number of para-hydroxylation sites is 2. The Hall–Kier alpha value is -3.94. The average Bonchev–Trinajstić information content (AvgIpc) is 3.38. The van der Waals surface area contributed by atoms with E-state index >= 15 is 0 Å². The molecule has 8 heteroatoms. The molecule has 1 aliphatic heterocycles. The van der Waals surface area contributed by atoms with E-state index in [9.17, 15) is 4.79 Å². The van der Waals surface area contributed by atoms with Crippen molar-refractivity contribution in [2.45, 2.75) is 32.7 Å². The van der Waals surface area contributed by atoms with Crippen LogP contribution in [-0.4, -0.2) is 32.3 Å². The number of methoxy groups -OCH3 is 2. The molecule has 1 aromatic heterocycles. The molecule has 41 heavy (non-hydrogen) atoms. The zero-order chi connectivity index (χ0) is 29.1. The Bertz CT molecular complexity index is 1630. The van der Waals surface area contributed by atoms with Crippen molar-refractivity contribution in [1.29, 1.82) is 0 Å². The zero-order valence-electron chi connectivity index (χ0n) is 23.8. The van der Waals surface area contributed by atoms with Crippen LogP contribution in [0.2, 0.25) is 5.02 Å². The number of thiophene rings is 1. The van der Waals surface area contributed by atoms with E-state index in [1.54, 1.807) is 37.8 Å². The number of ether oxygens (including phenoxy) is 3. The molecule has 0 saturated heterocycles. The van der Waals surface area contributed by atoms with Gasteiger partial charge in [0, 0.05) is 29.4 Å². The Morgan fingerprint density at radius 2 is 1.76 bits per heavy atom. The Morgan fingerprint density at radius 1 is 1.00 bits per heavy atom. The summed E-state index contributed by atoms with van der Waals surface area (Å²) in [5.41, 5.74) is 7.45. The predicted octanol–water partition coefficient (Wildman–Crippen LogP) is 8.57. The van der Waals surface area contributed by atoms with Crippen LogP contribution in [0.3, 0.4) is 0 Å². The lowest BCUT2D eigenvalue weighted by molar-refractivity contribution is 0.0739. The molecule has 0 radical (unpaired) electrons. The van der Waals surface area contributed by atoms with E-state index in [-0.39, 0.29) is 5.54 Å². The number of rotatable bonds is 9. The first-order chi connectivity index (χ1) is 19.7. The molecule has 1 aliphatic rings. The summed E-state index contributed by atoms with van der Waals surface area (Å²) in [4.78, 5) is 13.0. The van der Waals surface area contributed by atoms with Gasteiger partial charge < -0.3 is 24.8 Å². The maximum absolute atomic E-state index is 12.7.